The molecule has 8 nitrogen and oxygen atoms in total. The SMILES string of the molecule is CCCCCCCCCCCCCCCC(=O)N[C@@H](CSC(C)C(OC(=O)CCCCCCCCCCCCCCC)OC(=O)CCCCCCCCCCCCCCC)C(=O)O. The second kappa shape index (κ2) is 48.2. The molecule has 1 unspecified atom stereocenters. The molecule has 0 aliphatic carbocycles. The van der Waals surface area contributed by atoms with Crippen molar-refractivity contribution in [3.05, 3.63) is 0 Å². The van der Waals surface area contributed by atoms with Gasteiger partial charge in [-0.15, -0.1) is 11.8 Å². The summed E-state index contributed by atoms with van der Waals surface area (Å²) in [6, 6.07) is -1.09. The minimum Gasteiger partial charge on any atom is -0.480 e. The maximum Gasteiger partial charge on any atom is 0.327 e. The van der Waals surface area contributed by atoms with Crippen LogP contribution in [-0.2, 0) is 28.7 Å². The molecule has 0 heterocycles. The second-order valence-corrected chi connectivity index (χ2v) is 20.2. The molecule has 0 aromatic heterocycles. The Kier molecular flexibility index (Phi) is 46.8. The molecule has 2 atom stereocenters. The van der Waals surface area contributed by atoms with Crippen molar-refractivity contribution in [1.82, 2.24) is 5.32 Å². The molecule has 0 saturated carbocycles. The summed E-state index contributed by atoms with van der Waals surface area (Å²) in [5.74, 6) is -2.09. The first-order valence-electron chi connectivity index (χ1n) is 27.3. The number of hydrogen-bond acceptors (Lipinski definition) is 7. The summed E-state index contributed by atoms with van der Waals surface area (Å²) in [6.07, 6.45) is 47.3. The van der Waals surface area contributed by atoms with Crippen LogP contribution in [0.25, 0.3) is 0 Å². The van der Waals surface area contributed by atoms with Crippen LogP contribution in [-0.4, -0.2) is 52.3 Å². The lowest BCUT2D eigenvalue weighted by Crippen LogP contribution is -2.43. The lowest BCUT2D eigenvalue weighted by Gasteiger charge is -2.25. The minimum absolute atomic E-state index is 0.0736. The van der Waals surface area contributed by atoms with Crippen LogP contribution in [0, 0.1) is 0 Å². The molecule has 0 rings (SSSR count). The Morgan fingerprint density at radius 2 is 0.667 bits per heavy atom. The number of carboxylic acids is 1. The van der Waals surface area contributed by atoms with Gasteiger partial charge in [-0.05, 0) is 26.2 Å². The van der Waals surface area contributed by atoms with Crippen LogP contribution in [0.1, 0.15) is 297 Å². The number of amides is 1. The highest BCUT2D eigenvalue weighted by Gasteiger charge is 2.29. The molecule has 372 valence electrons. The Morgan fingerprint density at radius 3 is 0.937 bits per heavy atom. The fourth-order valence-electron chi connectivity index (χ4n) is 8.24. The number of esters is 2. The molecule has 0 aromatic rings. The van der Waals surface area contributed by atoms with Gasteiger partial charge in [-0.2, -0.15) is 0 Å². The highest BCUT2D eigenvalue weighted by atomic mass is 32.2. The van der Waals surface area contributed by atoms with Crippen molar-refractivity contribution in [1.29, 1.82) is 0 Å². The van der Waals surface area contributed by atoms with Gasteiger partial charge in [-0.3, -0.25) is 14.4 Å². The van der Waals surface area contributed by atoms with Crippen molar-refractivity contribution in [3.63, 3.8) is 0 Å². The summed E-state index contributed by atoms with van der Waals surface area (Å²) in [5.41, 5.74) is 0. The van der Waals surface area contributed by atoms with Crippen LogP contribution < -0.4 is 5.32 Å². The van der Waals surface area contributed by atoms with Gasteiger partial charge in [-0.25, -0.2) is 4.79 Å². The maximum atomic E-state index is 13.0. The van der Waals surface area contributed by atoms with Gasteiger partial charge < -0.3 is 19.9 Å². The summed E-state index contributed by atoms with van der Waals surface area (Å²) in [6.45, 7) is 8.55. The number of nitrogens with one attached hydrogen (secondary N) is 1. The van der Waals surface area contributed by atoms with Gasteiger partial charge >= 0.3 is 17.9 Å². The number of carbonyl (C=O) groups is 4. The predicted octanol–water partition coefficient (Wildman–Crippen LogP) is 16.5. The van der Waals surface area contributed by atoms with Crippen LogP contribution in [0.2, 0.25) is 0 Å². The molecule has 0 spiro atoms. The minimum atomic E-state index is -1.12. The zero-order valence-electron chi connectivity index (χ0n) is 41.9. The summed E-state index contributed by atoms with van der Waals surface area (Å²) >= 11 is 1.24. The monoisotopic (exact) mass is 910 g/mol. The highest BCUT2D eigenvalue weighted by Crippen LogP contribution is 2.22. The number of hydrogen-bond donors (Lipinski definition) is 2. The zero-order valence-corrected chi connectivity index (χ0v) is 42.8. The Balaban J connectivity index is 4.73. The quantitative estimate of drug-likeness (QED) is 0.0352. The third-order valence-corrected chi connectivity index (χ3v) is 13.8. The van der Waals surface area contributed by atoms with Gasteiger partial charge in [0.15, 0.2) is 0 Å². The van der Waals surface area contributed by atoms with Gasteiger partial charge in [0.1, 0.15) is 6.04 Å². The van der Waals surface area contributed by atoms with E-state index >= 15 is 0 Å². The number of aliphatic carboxylic acids is 1. The second-order valence-electron chi connectivity index (χ2n) is 18.8. The number of carbonyl (C=O) groups excluding carboxylic acids is 3. The van der Waals surface area contributed by atoms with Crippen LogP contribution in [0.15, 0.2) is 0 Å². The third-order valence-electron chi connectivity index (χ3n) is 12.5. The van der Waals surface area contributed by atoms with Crippen molar-refractivity contribution in [2.75, 3.05) is 5.75 Å². The summed E-state index contributed by atoms with van der Waals surface area (Å²) in [5, 5.41) is 12.1. The van der Waals surface area contributed by atoms with E-state index in [9.17, 15) is 24.3 Å². The number of thioether (sulfide) groups is 1. The van der Waals surface area contributed by atoms with Crippen LogP contribution in [0.3, 0.4) is 0 Å². The molecule has 0 aliphatic heterocycles. The Bertz CT molecular complexity index is 998. The molecule has 0 aliphatic rings. The summed E-state index contributed by atoms with van der Waals surface area (Å²) in [7, 11) is 0. The van der Waals surface area contributed by atoms with Crippen molar-refractivity contribution in [3.8, 4) is 0 Å². The summed E-state index contributed by atoms with van der Waals surface area (Å²) in [4.78, 5) is 50.9. The van der Waals surface area contributed by atoms with Crippen molar-refractivity contribution < 1.29 is 33.8 Å². The van der Waals surface area contributed by atoms with E-state index in [0.717, 1.165) is 57.8 Å². The fourth-order valence-corrected chi connectivity index (χ4v) is 9.23. The predicted molar refractivity (Wildman–Crippen MR) is 268 cm³/mol. The molecule has 9 heteroatoms. The van der Waals surface area contributed by atoms with Crippen molar-refractivity contribution in [2.45, 2.75) is 315 Å². The Morgan fingerprint density at radius 1 is 0.413 bits per heavy atom. The largest absolute Gasteiger partial charge is 0.480 e. The van der Waals surface area contributed by atoms with E-state index in [4.69, 9.17) is 9.47 Å². The average molecular weight is 910 g/mol. The molecule has 1 amide bonds. The molecule has 0 bridgehead atoms. The van der Waals surface area contributed by atoms with Crippen molar-refractivity contribution in [2.24, 2.45) is 0 Å². The first-order valence-corrected chi connectivity index (χ1v) is 28.3. The fraction of sp³-hybridized carbons (Fsp3) is 0.926. The normalized spacial score (nSPS) is 12.4. The molecular formula is C54H103NO7S. The van der Waals surface area contributed by atoms with E-state index in [1.807, 2.05) is 0 Å². The maximum absolute atomic E-state index is 13.0. The van der Waals surface area contributed by atoms with E-state index in [1.54, 1.807) is 6.92 Å². The number of carboxylic acid groups (broad SMARTS) is 1. The molecule has 0 radical (unpaired) electrons. The first kappa shape index (κ1) is 61.2. The standard InChI is InChI=1S/C54H103NO7S/c1-5-8-11-14-17-20-23-26-29-32-35-38-41-44-50(56)55-49(53(59)60)47-63-48(4)54(61-51(57)45-42-39-36-33-30-27-24-21-18-15-12-9-6-2)62-52(58)46-43-40-37-34-31-28-25-22-19-16-13-10-7-3/h48-49,54H,5-47H2,1-4H3,(H,55,56)(H,59,60)/t48?,49-/m0/s1. The van der Waals surface area contributed by atoms with E-state index in [-0.39, 0.29) is 24.5 Å². The number of unbranched alkanes of at least 4 members (excludes halogenated alkanes) is 36. The lowest BCUT2D eigenvalue weighted by molar-refractivity contribution is -0.187. The van der Waals surface area contributed by atoms with Crippen molar-refractivity contribution >= 4 is 35.6 Å². The van der Waals surface area contributed by atoms with E-state index in [2.05, 4.69) is 26.1 Å². The zero-order chi connectivity index (χ0) is 46.3. The number of ether oxygens (including phenoxy) is 2. The van der Waals surface area contributed by atoms with Crippen LogP contribution in [0.4, 0.5) is 0 Å². The lowest BCUT2D eigenvalue weighted by atomic mass is 10.0. The molecule has 63 heavy (non-hydrogen) atoms. The Labute approximate surface area is 393 Å². The number of rotatable bonds is 50. The summed E-state index contributed by atoms with van der Waals surface area (Å²) < 4.78 is 11.6. The van der Waals surface area contributed by atoms with Gasteiger partial charge in [0.05, 0.1) is 5.25 Å². The first-order chi connectivity index (χ1) is 30.7. The van der Waals surface area contributed by atoms with Gasteiger partial charge in [0.25, 0.3) is 6.29 Å². The average Bonchev–Trinajstić information content (AvgIpc) is 3.26. The van der Waals surface area contributed by atoms with Crippen LogP contribution >= 0.6 is 11.8 Å². The van der Waals surface area contributed by atoms with E-state index in [0.29, 0.717) is 6.42 Å². The van der Waals surface area contributed by atoms with E-state index in [1.165, 1.54) is 204 Å². The van der Waals surface area contributed by atoms with E-state index < -0.39 is 35.5 Å². The van der Waals surface area contributed by atoms with Gasteiger partial charge in [0, 0.05) is 25.0 Å². The molecular weight excluding hydrogens is 807 g/mol. The van der Waals surface area contributed by atoms with Gasteiger partial charge in [-0.1, -0.05) is 252 Å². The molecule has 0 aromatic carbocycles. The van der Waals surface area contributed by atoms with Crippen LogP contribution in [0.5, 0.6) is 0 Å². The molecule has 0 fully saturated rings. The molecule has 2 N–H and O–H groups in total. The van der Waals surface area contributed by atoms with Gasteiger partial charge in [0.2, 0.25) is 5.91 Å². The molecule has 0 saturated heterocycles. The Hall–Kier alpha value is -1.77. The highest BCUT2D eigenvalue weighted by molar-refractivity contribution is 8.00. The topological polar surface area (TPSA) is 119 Å². The smallest absolute Gasteiger partial charge is 0.327 e. The third kappa shape index (κ3) is 43.9.